The molecular weight excluding hydrogens is 252 g/mol. The molecule has 1 aromatic carbocycles. The molecule has 0 radical (unpaired) electrons. The van der Waals surface area contributed by atoms with E-state index in [4.69, 9.17) is 5.73 Å². The van der Waals surface area contributed by atoms with Crippen LogP contribution in [0.15, 0.2) is 30.3 Å². The summed E-state index contributed by atoms with van der Waals surface area (Å²) in [5.74, 6) is 0.899. The Kier molecular flexibility index (Phi) is 5.64. The van der Waals surface area contributed by atoms with E-state index in [2.05, 4.69) is 51.6 Å². The lowest BCUT2D eigenvalue weighted by atomic mass is 10.2. The summed E-state index contributed by atoms with van der Waals surface area (Å²) in [6.07, 6.45) is 1.02. The summed E-state index contributed by atoms with van der Waals surface area (Å²) in [7, 11) is 0. The van der Waals surface area contributed by atoms with E-state index in [1.54, 1.807) is 0 Å². The van der Waals surface area contributed by atoms with E-state index in [9.17, 15) is 0 Å². The molecule has 6 nitrogen and oxygen atoms in total. The molecule has 1 heterocycles. The Morgan fingerprint density at radius 2 is 2.00 bits per heavy atom. The van der Waals surface area contributed by atoms with Crippen LogP contribution < -0.4 is 5.73 Å². The maximum atomic E-state index is 5.71. The fourth-order valence-corrected chi connectivity index (χ4v) is 2.16. The second-order valence-electron chi connectivity index (χ2n) is 4.80. The van der Waals surface area contributed by atoms with Gasteiger partial charge in [0, 0.05) is 26.2 Å². The Hall–Kier alpha value is -1.79. The molecule has 2 rings (SSSR count). The first kappa shape index (κ1) is 14.6. The van der Waals surface area contributed by atoms with Gasteiger partial charge in [0.1, 0.15) is 0 Å². The Bertz CT molecular complexity index is 495. The lowest BCUT2D eigenvalue weighted by Crippen LogP contribution is -2.30. The first-order valence-corrected chi connectivity index (χ1v) is 7.05. The van der Waals surface area contributed by atoms with Crippen molar-refractivity contribution in [2.45, 2.75) is 33.0 Å². The molecule has 2 N–H and O–H groups in total. The largest absolute Gasteiger partial charge is 0.329 e. The molecule has 6 heteroatoms. The van der Waals surface area contributed by atoms with Crippen molar-refractivity contribution in [2.24, 2.45) is 5.73 Å². The van der Waals surface area contributed by atoms with E-state index in [1.165, 1.54) is 5.56 Å². The van der Waals surface area contributed by atoms with Crippen molar-refractivity contribution in [1.29, 1.82) is 0 Å². The van der Waals surface area contributed by atoms with E-state index in [0.29, 0.717) is 6.54 Å². The summed E-state index contributed by atoms with van der Waals surface area (Å²) in [4.78, 5) is 2.27. The molecule has 20 heavy (non-hydrogen) atoms. The smallest absolute Gasteiger partial charge is 0.165 e. The topological polar surface area (TPSA) is 72.9 Å². The van der Waals surface area contributed by atoms with E-state index in [-0.39, 0.29) is 0 Å². The summed E-state index contributed by atoms with van der Waals surface area (Å²) >= 11 is 0. The number of tetrazole rings is 1. The minimum atomic E-state index is 0.627. The highest BCUT2D eigenvalue weighted by molar-refractivity contribution is 5.14. The summed E-state index contributed by atoms with van der Waals surface area (Å²) < 4.78 is 1.87. The third-order valence-corrected chi connectivity index (χ3v) is 3.10. The van der Waals surface area contributed by atoms with Crippen molar-refractivity contribution in [3.8, 4) is 0 Å². The molecule has 0 spiro atoms. The molecule has 1 aromatic heterocycles. The van der Waals surface area contributed by atoms with Gasteiger partial charge in [-0.15, -0.1) is 5.10 Å². The monoisotopic (exact) mass is 274 g/mol. The van der Waals surface area contributed by atoms with Gasteiger partial charge >= 0.3 is 0 Å². The molecule has 0 aliphatic carbocycles. The van der Waals surface area contributed by atoms with Crippen LogP contribution in [-0.2, 0) is 19.6 Å². The summed E-state index contributed by atoms with van der Waals surface area (Å²) in [5.41, 5.74) is 6.98. The van der Waals surface area contributed by atoms with Crippen molar-refractivity contribution in [1.82, 2.24) is 25.1 Å². The van der Waals surface area contributed by atoms with Crippen LogP contribution in [0, 0.1) is 0 Å². The number of hydrogen-bond donors (Lipinski definition) is 1. The van der Waals surface area contributed by atoms with Gasteiger partial charge in [-0.3, -0.25) is 4.90 Å². The zero-order chi connectivity index (χ0) is 14.2. The molecule has 0 aliphatic heterocycles. The molecule has 0 saturated heterocycles. The van der Waals surface area contributed by atoms with Crippen molar-refractivity contribution >= 4 is 0 Å². The van der Waals surface area contributed by atoms with E-state index in [1.807, 2.05) is 10.7 Å². The molecule has 0 fully saturated rings. The highest BCUT2D eigenvalue weighted by Crippen LogP contribution is 2.07. The van der Waals surface area contributed by atoms with E-state index >= 15 is 0 Å². The average molecular weight is 274 g/mol. The molecule has 0 unspecified atom stereocenters. The second-order valence-corrected chi connectivity index (χ2v) is 4.80. The number of aryl methyl sites for hydroxylation is 1. The Morgan fingerprint density at radius 3 is 2.70 bits per heavy atom. The van der Waals surface area contributed by atoms with Crippen LogP contribution in [0.3, 0.4) is 0 Å². The van der Waals surface area contributed by atoms with Crippen LogP contribution >= 0.6 is 0 Å². The first-order valence-electron chi connectivity index (χ1n) is 7.05. The standard InChI is InChI=1S/C14H22N6/c1-2-9-20-14(16-17-18-20)12-19(10-8-15)11-13-6-4-3-5-7-13/h3-7H,2,8-12,15H2,1H3. The van der Waals surface area contributed by atoms with Gasteiger partial charge in [0.15, 0.2) is 5.82 Å². The number of aromatic nitrogens is 4. The fraction of sp³-hybridized carbons (Fsp3) is 0.500. The number of nitrogens with zero attached hydrogens (tertiary/aromatic N) is 5. The number of nitrogens with two attached hydrogens (primary N) is 1. The number of benzene rings is 1. The molecular formula is C14H22N6. The van der Waals surface area contributed by atoms with Crippen molar-refractivity contribution in [3.63, 3.8) is 0 Å². The van der Waals surface area contributed by atoms with Gasteiger partial charge in [0.25, 0.3) is 0 Å². The summed E-state index contributed by atoms with van der Waals surface area (Å²) in [6, 6.07) is 10.4. The van der Waals surface area contributed by atoms with Crippen LogP contribution in [-0.4, -0.2) is 38.2 Å². The summed E-state index contributed by atoms with van der Waals surface area (Å²) in [5, 5.41) is 11.9. The SMILES string of the molecule is CCCn1nnnc1CN(CCN)Cc1ccccc1. The van der Waals surface area contributed by atoms with Gasteiger partial charge in [-0.2, -0.15) is 0 Å². The Morgan fingerprint density at radius 1 is 1.20 bits per heavy atom. The van der Waals surface area contributed by atoms with E-state index < -0.39 is 0 Å². The van der Waals surface area contributed by atoms with E-state index in [0.717, 1.165) is 38.4 Å². The highest BCUT2D eigenvalue weighted by Gasteiger charge is 2.11. The van der Waals surface area contributed by atoms with Gasteiger partial charge < -0.3 is 5.73 Å². The van der Waals surface area contributed by atoms with Gasteiger partial charge in [-0.05, 0) is 22.4 Å². The quantitative estimate of drug-likeness (QED) is 0.778. The molecule has 108 valence electrons. The first-order chi connectivity index (χ1) is 9.83. The van der Waals surface area contributed by atoms with Crippen LogP contribution in [0.5, 0.6) is 0 Å². The second kappa shape index (κ2) is 7.72. The van der Waals surface area contributed by atoms with Crippen molar-refractivity contribution in [3.05, 3.63) is 41.7 Å². The molecule has 0 bridgehead atoms. The maximum absolute atomic E-state index is 5.71. The molecule has 0 aliphatic rings. The normalized spacial score (nSPS) is 11.2. The Labute approximate surface area is 119 Å². The van der Waals surface area contributed by atoms with Crippen LogP contribution in [0.2, 0.25) is 0 Å². The minimum absolute atomic E-state index is 0.627. The predicted molar refractivity (Wildman–Crippen MR) is 77.7 cm³/mol. The third kappa shape index (κ3) is 4.11. The van der Waals surface area contributed by atoms with Gasteiger partial charge in [0.05, 0.1) is 6.54 Å². The lowest BCUT2D eigenvalue weighted by molar-refractivity contribution is 0.252. The minimum Gasteiger partial charge on any atom is -0.329 e. The average Bonchev–Trinajstić information content (AvgIpc) is 2.88. The van der Waals surface area contributed by atoms with Gasteiger partial charge in [-0.25, -0.2) is 4.68 Å². The Balaban J connectivity index is 2.03. The number of rotatable bonds is 8. The molecule has 0 amide bonds. The third-order valence-electron chi connectivity index (χ3n) is 3.10. The predicted octanol–water partition coefficient (Wildman–Crippen LogP) is 1.04. The molecule has 0 saturated carbocycles. The van der Waals surface area contributed by atoms with Crippen LogP contribution in [0.1, 0.15) is 24.7 Å². The lowest BCUT2D eigenvalue weighted by Gasteiger charge is -2.21. The van der Waals surface area contributed by atoms with Crippen molar-refractivity contribution < 1.29 is 0 Å². The fourth-order valence-electron chi connectivity index (χ4n) is 2.16. The maximum Gasteiger partial charge on any atom is 0.165 e. The van der Waals surface area contributed by atoms with Crippen LogP contribution in [0.25, 0.3) is 0 Å². The summed E-state index contributed by atoms with van der Waals surface area (Å²) in [6.45, 7) is 6.00. The zero-order valence-electron chi connectivity index (χ0n) is 11.9. The van der Waals surface area contributed by atoms with Gasteiger partial charge in [0.2, 0.25) is 0 Å². The molecule has 0 atom stereocenters. The van der Waals surface area contributed by atoms with Crippen molar-refractivity contribution in [2.75, 3.05) is 13.1 Å². The highest BCUT2D eigenvalue weighted by atomic mass is 15.5. The van der Waals surface area contributed by atoms with Crippen LogP contribution in [0.4, 0.5) is 0 Å². The zero-order valence-corrected chi connectivity index (χ0v) is 11.9. The number of hydrogen-bond acceptors (Lipinski definition) is 5. The van der Waals surface area contributed by atoms with Gasteiger partial charge in [-0.1, -0.05) is 37.3 Å². The molecule has 2 aromatic rings.